The molecule has 2 heteroatoms. The van der Waals surface area contributed by atoms with E-state index in [1.165, 1.54) is 5.56 Å². The highest BCUT2D eigenvalue weighted by Crippen LogP contribution is 2.10. The van der Waals surface area contributed by atoms with Crippen LogP contribution in [0, 0.1) is 6.92 Å². The molecular formula is C16H19NO. The lowest BCUT2D eigenvalue weighted by Gasteiger charge is -2.00. The zero-order valence-electron chi connectivity index (χ0n) is 11.1. The predicted molar refractivity (Wildman–Crippen MR) is 76.0 cm³/mol. The van der Waals surface area contributed by atoms with E-state index in [9.17, 15) is 4.79 Å². The lowest BCUT2D eigenvalue weighted by Crippen LogP contribution is -2.00. The van der Waals surface area contributed by atoms with Gasteiger partial charge in [0.1, 0.15) is 0 Å². The first-order chi connectivity index (χ1) is 8.69. The van der Waals surface area contributed by atoms with Gasteiger partial charge in [0.05, 0.1) is 0 Å². The topological polar surface area (TPSA) is 29.1 Å². The van der Waals surface area contributed by atoms with Crippen LogP contribution in [-0.4, -0.2) is 19.9 Å². The summed E-state index contributed by atoms with van der Waals surface area (Å²) < 4.78 is 0. The molecule has 2 aromatic rings. The molecule has 2 aromatic carbocycles. The lowest BCUT2D eigenvalue weighted by molar-refractivity contribution is 0.103. The van der Waals surface area contributed by atoms with E-state index in [1.54, 1.807) is 0 Å². The zero-order valence-corrected chi connectivity index (χ0v) is 11.1. The van der Waals surface area contributed by atoms with Gasteiger partial charge in [0.25, 0.3) is 0 Å². The van der Waals surface area contributed by atoms with E-state index < -0.39 is 0 Å². The molecule has 0 saturated heterocycles. The van der Waals surface area contributed by atoms with Crippen LogP contribution in [0.5, 0.6) is 0 Å². The molecule has 0 aliphatic heterocycles. The molecule has 1 N–H and O–H groups in total. The highest BCUT2D eigenvalue weighted by atomic mass is 16.1. The molecular weight excluding hydrogens is 222 g/mol. The van der Waals surface area contributed by atoms with Gasteiger partial charge < -0.3 is 5.32 Å². The van der Waals surface area contributed by atoms with Crippen molar-refractivity contribution in [2.45, 2.75) is 6.92 Å². The van der Waals surface area contributed by atoms with Crippen molar-refractivity contribution in [3.8, 4) is 0 Å². The summed E-state index contributed by atoms with van der Waals surface area (Å²) in [6.45, 7) is 2.01. The first-order valence-electron chi connectivity index (χ1n) is 5.94. The molecule has 0 heterocycles. The average Bonchev–Trinajstić information content (AvgIpc) is 2.41. The summed E-state index contributed by atoms with van der Waals surface area (Å²) in [5.74, 6) is 0.0793. The summed E-state index contributed by atoms with van der Waals surface area (Å²) in [5, 5.41) is 2.75. The largest absolute Gasteiger partial charge is 0.323 e. The third-order valence-electron chi connectivity index (χ3n) is 2.35. The number of hydrogen-bond acceptors (Lipinski definition) is 2. The van der Waals surface area contributed by atoms with Crippen molar-refractivity contribution in [3.63, 3.8) is 0 Å². The molecule has 0 saturated carbocycles. The Morgan fingerprint density at radius 2 is 1.28 bits per heavy atom. The molecule has 0 aliphatic rings. The van der Waals surface area contributed by atoms with Gasteiger partial charge in [-0.25, -0.2) is 0 Å². The van der Waals surface area contributed by atoms with Crippen LogP contribution in [0.25, 0.3) is 0 Å². The van der Waals surface area contributed by atoms with Crippen LogP contribution in [-0.2, 0) is 0 Å². The second kappa shape index (κ2) is 7.41. The van der Waals surface area contributed by atoms with Crippen LogP contribution >= 0.6 is 0 Å². The van der Waals surface area contributed by atoms with Gasteiger partial charge in [-0.1, -0.05) is 60.2 Å². The first kappa shape index (κ1) is 14.1. The van der Waals surface area contributed by atoms with Crippen molar-refractivity contribution in [1.29, 1.82) is 0 Å². The highest BCUT2D eigenvalue weighted by molar-refractivity contribution is 6.08. The number of benzene rings is 2. The molecule has 0 atom stereocenters. The van der Waals surface area contributed by atoms with Crippen LogP contribution in [0.3, 0.4) is 0 Å². The number of aryl methyl sites for hydroxylation is 1. The maximum absolute atomic E-state index is 12.0. The van der Waals surface area contributed by atoms with Crippen molar-refractivity contribution in [2.24, 2.45) is 0 Å². The smallest absolute Gasteiger partial charge is 0.193 e. The summed E-state index contributed by atoms with van der Waals surface area (Å²) in [6.07, 6.45) is 0. The molecule has 18 heavy (non-hydrogen) atoms. The summed E-state index contributed by atoms with van der Waals surface area (Å²) in [7, 11) is 3.75. The Morgan fingerprint density at radius 1 is 0.833 bits per heavy atom. The second-order valence-electron chi connectivity index (χ2n) is 4.06. The first-order valence-corrected chi connectivity index (χ1v) is 5.94. The van der Waals surface area contributed by atoms with E-state index in [1.807, 2.05) is 75.6 Å². The summed E-state index contributed by atoms with van der Waals surface area (Å²) in [5.41, 5.74) is 2.65. The van der Waals surface area contributed by atoms with E-state index in [-0.39, 0.29) is 5.78 Å². The van der Waals surface area contributed by atoms with E-state index in [4.69, 9.17) is 0 Å². The summed E-state index contributed by atoms with van der Waals surface area (Å²) in [6, 6.07) is 17.0. The molecule has 2 nitrogen and oxygen atoms in total. The minimum atomic E-state index is 0.0793. The summed E-state index contributed by atoms with van der Waals surface area (Å²) in [4.78, 5) is 12.0. The molecule has 0 spiro atoms. The van der Waals surface area contributed by atoms with Crippen molar-refractivity contribution in [2.75, 3.05) is 14.1 Å². The number of carbonyl (C=O) groups excluding carboxylic acids is 1. The van der Waals surface area contributed by atoms with Gasteiger partial charge in [-0.15, -0.1) is 0 Å². The Morgan fingerprint density at radius 3 is 1.78 bits per heavy atom. The molecule has 0 aliphatic carbocycles. The maximum atomic E-state index is 12.0. The van der Waals surface area contributed by atoms with Crippen LogP contribution < -0.4 is 5.32 Å². The molecule has 94 valence electrons. The normalized spacial score (nSPS) is 9.28. The molecule has 0 fully saturated rings. The fourth-order valence-electron chi connectivity index (χ4n) is 1.46. The fourth-order valence-corrected chi connectivity index (χ4v) is 1.46. The van der Waals surface area contributed by atoms with Crippen molar-refractivity contribution in [1.82, 2.24) is 5.32 Å². The van der Waals surface area contributed by atoms with Crippen LogP contribution in [0.15, 0.2) is 54.6 Å². The third kappa shape index (κ3) is 4.15. The van der Waals surface area contributed by atoms with Gasteiger partial charge >= 0.3 is 0 Å². The minimum absolute atomic E-state index is 0.0793. The minimum Gasteiger partial charge on any atom is -0.323 e. The number of nitrogens with one attached hydrogen (secondary N) is 1. The van der Waals surface area contributed by atoms with E-state index in [0.717, 1.165) is 11.1 Å². The number of carbonyl (C=O) groups is 1. The second-order valence-corrected chi connectivity index (χ2v) is 4.06. The van der Waals surface area contributed by atoms with Gasteiger partial charge in [0, 0.05) is 11.1 Å². The highest BCUT2D eigenvalue weighted by Gasteiger charge is 2.06. The van der Waals surface area contributed by atoms with Gasteiger partial charge in [0.15, 0.2) is 5.78 Å². The Balaban J connectivity index is 0.000000492. The zero-order chi connectivity index (χ0) is 13.4. The van der Waals surface area contributed by atoms with E-state index in [2.05, 4.69) is 5.32 Å². The van der Waals surface area contributed by atoms with Crippen LogP contribution in [0.1, 0.15) is 21.5 Å². The van der Waals surface area contributed by atoms with Crippen LogP contribution in [0.4, 0.5) is 0 Å². The molecule has 0 unspecified atom stereocenters. The fraction of sp³-hybridized carbons (Fsp3) is 0.188. The molecule has 0 radical (unpaired) electrons. The number of ketones is 1. The Kier molecular flexibility index (Phi) is 5.81. The van der Waals surface area contributed by atoms with Gasteiger partial charge in [0.2, 0.25) is 0 Å². The van der Waals surface area contributed by atoms with Gasteiger partial charge in [-0.05, 0) is 21.0 Å². The average molecular weight is 241 g/mol. The third-order valence-corrected chi connectivity index (χ3v) is 2.35. The SMILES string of the molecule is CNC.Cc1ccc(C(=O)c2ccccc2)cc1. The van der Waals surface area contributed by atoms with Crippen molar-refractivity contribution < 1.29 is 4.79 Å². The summed E-state index contributed by atoms with van der Waals surface area (Å²) >= 11 is 0. The van der Waals surface area contributed by atoms with E-state index in [0.29, 0.717) is 0 Å². The van der Waals surface area contributed by atoms with Crippen LogP contribution in [0.2, 0.25) is 0 Å². The number of hydrogen-bond donors (Lipinski definition) is 1. The number of rotatable bonds is 2. The Bertz CT molecular complexity index is 474. The molecule has 2 rings (SSSR count). The van der Waals surface area contributed by atoms with E-state index >= 15 is 0 Å². The van der Waals surface area contributed by atoms with Crippen molar-refractivity contribution in [3.05, 3.63) is 71.3 Å². The van der Waals surface area contributed by atoms with Crippen molar-refractivity contribution >= 4 is 5.78 Å². The monoisotopic (exact) mass is 241 g/mol. The Labute approximate surface area is 109 Å². The lowest BCUT2D eigenvalue weighted by atomic mass is 10.0. The molecule has 0 aromatic heterocycles. The standard InChI is InChI=1S/C14H12O.C2H7N/c1-11-7-9-13(10-8-11)14(15)12-5-3-2-4-6-12;1-3-2/h2-10H,1H3;3H,1-2H3. The van der Waals surface area contributed by atoms with Gasteiger partial charge in [-0.3, -0.25) is 4.79 Å². The Hall–Kier alpha value is -1.93. The maximum Gasteiger partial charge on any atom is 0.193 e. The van der Waals surface area contributed by atoms with Gasteiger partial charge in [-0.2, -0.15) is 0 Å². The predicted octanol–water partition coefficient (Wildman–Crippen LogP) is 3.06. The quantitative estimate of drug-likeness (QED) is 0.819. The molecule has 0 amide bonds. The molecule has 0 bridgehead atoms.